The van der Waals surface area contributed by atoms with Gasteiger partial charge in [-0.3, -0.25) is 10.1 Å². The molecule has 0 fully saturated rings. The minimum atomic E-state index is -0.927. The molecular weight excluding hydrogens is 260 g/mol. The largest absolute Gasteiger partial charge is 0.481 e. The van der Waals surface area contributed by atoms with Crippen molar-refractivity contribution in [2.45, 2.75) is 6.42 Å². The van der Waals surface area contributed by atoms with E-state index in [0.717, 1.165) is 0 Å². The first-order valence-electron chi connectivity index (χ1n) is 5.79. The first-order chi connectivity index (χ1) is 9.63. The molecule has 0 atom stereocenters. The standard InChI is InChI=1S/C13H12N4O3/c18-11(19)8-9-3-1-4-10(7-9)16-13(20)17-12-14-5-2-6-15-12/h1-7H,8H2,(H,18,19)(H2,14,15,16,17,20). The molecule has 0 saturated heterocycles. The van der Waals surface area contributed by atoms with Crippen molar-refractivity contribution < 1.29 is 14.7 Å². The molecule has 1 heterocycles. The van der Waals surface area contributed by atoms with Crippen LogP contribution >= 0.6 is 0 Å². The van der Waals surface area contributed by atoms with Crippen molar-refractivity contribution in [1.29, 1.82) is 0 Å². The average Bonchev–Trinajstić information content (AvgIpc) is 2.39. The number of carboxylic acids is 1. The van der Waals surface area contributed by atoms with Crippen LogP contribution in [0.4, 0.5) is 16.4 Å². The van der Waals surface area contributed by atoms with E-state index in [1.54, 1.807) is 30.3 Å². The molecule has 0 bridgehead atoms. The van der Waals surface area contributed by atoms with E-state index in [-0.39, 0.29) is 12.4 Å². The van der Waals surface area contributed by atoms with Crippen molar-refractivity contribution in [3.05, 3.63) is 48.3 Å². The maximum atomic E-state index is 11.7. The summed E-state index contributed by atoms with van der Waals surface area (Å²) in [4.78, 5) is 30.0. The van der Waals surface area contributed by atoms with Gasteiger partial charge in [0, 0.05) is 18.1 Å². The highest BCUT2D eigenvalue weighted by molar-refractivity contribution is 5.98. The Morgan fingerprint density at radius 3 is 2.55 bits per heavy atom. The fourth-order valence-electron chi connectivity index (χ4n) is 1.56. The zero-order chi connectivity index (χ0) is 14.4. The fraction of sp³-hybridized carbons (Fsp3) is 0.0769. The van der Waals surface area contributed by atoms with Crippen LogP contribution in [0.2, 0.25) is 0 Å². The number of benzene rings is 1. The number of carbonyl (C=O) groups excluding carboxylic acids is 1. The Balaban J connectivity index is 1.99. The third-order valence-electron chi connectivity index (χ3n) is 2.33. The molecule has 7 heteroatoms. The van der Waals surface area contributed by atoms with Gasteiger partial charge in [0.15, 0.2) is 0 Å². The van der Waals surface area contributed by atoms with E-state index in [0.29, 0.717) is 11.3 Å². The first kappa shape index (κ1) is 13.5. The smallest absolute Gasteiger partial charge is 0.326 e. The van der Waals surface area contributed by atoms with Gasteiger partial charge >= 0.3 is 12.0 Å². The summed E-state index contributed by atoms with van der Waals surface area (Å²) in [6.07, 6.45) is 2.92. The van der Waals surface area contributed by atoms with Crippen molar-refractivity contribution in [2.75, 3.05) is 10.6 Å². The predicted molar refractivity (Wildman–Crippen MR) is 72.5 cm³/mol. The van der Waals surface area contributed by atoms with Crippen molar-refractivity contribution >= 4 is 23.6 Å². The summed E-state index contributed by atoms with van der Waals surface area (Å²) >= 11 is 0. The van der Waals surface area contributed by atoms with Crippen LogP contribution in [0.15, 0.2) is 42.7 Å². The Morgan fingerprint density at radius 2 is 1.85 bits per heavy atom. The van der Waals surface area contributed by atoms with Gasteiger partial charge in [-0.2, -0.15) is 0 Å². The molecule has 7 nitrogen and oxygen atoms in total. The first-order valence-corrected chi connectivity index (χ1v) is 5.79. The number of hydrogen-bond acceptors (Lipinski definition) is 4. The third-order valence-corrected chi connectivity index (χ3v) is 2.33. The number of hydrogen-bond donors (Lipinski definition) is 3. The van der Waals surface area contributed by atoms with Crippen LogP contribution in [0.3, 0.4) is 0 Å². The zero-order valence-electron chi connectivity index (χ0n) is 10.4. The van der Waals surface area contributed by atoms with Crippen LogP contribution < -0.4 is 10.6 Å². The van der Waals surface area contributed by atoms with Crippen molar-refractivity contribution in [2.24, 2.45) is 0 Å². The number of aliphatic carboxylic acids is 1. The number of nitrogens with zero attached hydrogens (tertiary/aromatic N) is 2. The van der Waals surface area contributed by atoms with E-state index in [2.05, 4.69) is 20.6 Å². The number of anilines is 2. The van der Waals surface area contributed by atoms with Gasteiger partial charge in [-0.05, 0) is 23.8 Å². The summed E-state index contributed by atoms with van der Waals surface area (Å²) in [6, 6.07) is 7.75. The van der Waals surface area contributed by atoms with Crippen LogP contribution in [-0.4, -0.2) is 27.1 Å². The summed E-state index contributed by atoms with van der Waals surface area (Å²) in [5, 5.41) is 13.8. The molecular formula is C13H12N4O3. The Morgan fingerprint density at radius 1 is 1.10 bits per heavy atom. The SMILES string of the molecule is O=C(O)Cc1cccc(NC(=O)Nc2ncccn2)c1. The van der Waals surface area contributed by atoms with Crippen LogP contribution in [0.5, 0.6) is 0 Å². The van der Waals surface area contributed by atoms with E-state index in [4.69, 9.17) is 5.11 Å². The lowest BCUT2D eigenvalue weighted by atomic mass is 10.1. The Hall–Kier alpha value is -2.96. The minimum Gasteiger partial charge on any atom is -0.481 e. The average molecular weight is 272 g/mol. The number of amides is 2. The fourth-order valence-corrected chi connectivity index (χ4v) is 1.56. The summed E-state index contributed by atoms with van der Waals surface area (Å²) in [5.41, 5.74) is 1.10. The molecule has 102 valence electrons. The molecule has 2 rings (SSSR count). The molecule has 20 heavy (non-hydrogen) atoms. The van der Waals surface area contributed by atoms with E-state index in [1.165, 1.54) is 12.4 Å². The molecule has 0 saturated carbocycles. The monoisotopic (exact) mass is 272 g/mol. The highest BCUT2D eigenvalue weighted by Crippen LogP contribution is 2.11. The number of urea groups is 1. The Bertz CT molecular complexity index is 616. The lowest BCUT2D eigenvalue weighted by Gasteiger charge is -2.07. The van der Waals surface area contributed by atoms with Gasteiger partial charge in [-0.1, -0.05) is 12.1 Å². The zero-order valence-corrected chi connectivity index (χ0v) is 10.4. The molecule has 1 aromatic carbocycles. The Labute approximate surface area is 114 Å². The van der Waals surface area contributed by atoms with Crippen LogP contribution in [0.1, 0.15) is 5.56 Å². The van der Waals surface area contributed by atoms with Crippen LogP contribution in [-0.2, 0) is 11.2 Å². The quantitative estimate of drug-likeness (QED) is 0.786. The molecule has 3 N–H and O–H groups in total. The number of rotatable bonds is 4. The van der Waals surface area contributed by atoms with Gasteiger partial charge in [0.05, 0.1) is 6.42 Å². The molecule has 0 aliphatic heterocycles. The van der Waals surface area contributed by atoms with Crippen molar-refractivity contribution in [3.63, 3.8) is 0 Å². The summed E-state index contributed by atoms with van der Waals surface area (Å²) in [7, 11) is 0. The number of carbonyl (C=O) groups is 2. The van der Waals surface area contributed by atoms with Gasteiger partial charge in [0.2, 0.25) is 5.95 Å². The van der Waals surface area contributed by atoms with Crippen LogP contribution in [0, 0.1) is 0 Å². The Kier molecular flexibility index (Phi) is 4.23. The molecule has 0 radical (unpaired) electrons. The summed E-state index contributed by atoms with van der Waals surface area (Å²) < 4.78 is 0. The van der Waals surface area contributed by atoms with E-state index in [9.17, 15) is 9.59 Å². The summed E-state index contributed by atoms with van der Waals surface area (Å²) in [5.74, 6) is -0.740. The normalized spacial score (nSPS) is 9.80. The van der Waals surface area contributed by atoms with Gasteiger partial charge in [0.1, 0.15) is 0 Å². The lowest BCUT2D eigenvalue weighted by molar-refractivity contribution is -0.136. The number of aromatic nitrogens is 2. The van der Waals surface area contributed by atoms with E-state index >= 15 is 0 Å². The molecule has 2 amide bonds. The maximum Gasteiger partial charge on any atom is 0.326 e. The molecule has 0 spiro atoms. The lowest BCUT2D eigenvalue weighted by Crippen LogP contribution is -2.20. The van der Waals surface area contributed by atoms with Gasteiger partial charge in [0.25, 0.3) is 0 Å². The number of carboxylic acid groups (broad SMARTS) is 1. The topological polar surface area (TPSA) is 104 Å². The minimum absolute atomic E-state index is 0.0983. The molecule has 2 aromatic rings. The molecule has 0 unspecified atom stereocenters. The third kappa shape index (κ3) is 4.05. The molecule has 0 aliphatic carbocycles. The molecule has 1 aromatic heterocycles. The van der Waals surface area contributed by atoms with Crippen molar-refractivity contribution in [1.82, 2.24) is 9.97 Å². The maximum absolute atomic E-state index is 11.7. The second-order valence-corrected chi connectivity index (χ2v) is 3.92. The highest BCUT2D eigenvalue weighted by atomic mass is 16.4. The van der Waals surface area contributed by atoms with Gasteiger partial charge < -0.3 is 10.4 Å². The summed E-state index contributed by atoms with van der Waals surface area (Å²) in [6.45, 7) is 0. The second kappa shape index (κ2) is 6.28. The predicted octanol–water partition coefficient (Wildman–Crippen LogP) is 1.75. The van der Waals surface area contributed by atoms with Crippen molar-refractivity contribution in [3.8, 4) is 0 Å². The van der Waals surface area contributed by atoms with E-state index < -0.39 is 12.0 Å². The number of nitrogens with one attached hydrogen (secondary N) is 2. The van der Waals surface area contributed by atoms with Crippen LogP contribution in [0.25, 0.3) is 0 Å². The second-order valence-electron chi connectivity index (χ2n) is 3.92. The van der Waals surface area contributed by atoms with Gasteiger partial charge in [-0.25, -0.2) is 14.8 Å². The van der Waals surface area contributed by atoms with E-state index in [1.807, 2.05) is 0 Å². The molecule has 0 aliphatic rings. The van der Waals surface area contributed by atoms with Gasteiger partial charge in [-0.15, -0.1) is 0 Å². The highest BCUT2D eigenvalue weighted by Gasteiger charge is 2.06.